The van der Waals surface area contributed by atoms with Crippen LogP contribution in [-0.2, 0) is 25.7 Å². The van der Waals surface area contributed by atoms with Crippen molar-refractivity contribution in [2.75, 3.05) is 0 Å². The van der Waals surface area contributed by atoms with Gasteiger partial charge < -0.3 is 0 Å². The van der Waals surface area contributed by atoms with Gasteiger partial charge in [0.15, 0.2) is 0 Å². The van der Waals surface area contributed by atoms with Crippen molar-refractivity contribution < 1.29 is 4.39 Å². The van der Waals surface area contributed by atoms with Crippen molar-refractivity contribution in [3.63, 3.8) is 0 Å². The molecule has 132 valence electrons. The Morgan fingerprint density at radius 3 is 1.71 bits per heavy atom. The largest absolute Gasteiger partial charge is 0.206 e. The number of benzene rings is 2. The van der Waals surface area contributed by atoms with Gasteiger partial charge in [-0.15, -0.1) is 0 Å². The maximum Gasteiger partial charge on any atom is 0.132 e. The minimum absolute atomic E-state index is 0.154. The van der Waals surface area contributed by atoms with E-state index in [1.165, 1.54) is 28.3 Å². The van der Waals surface area contributed by atoms with Crippen LogP contribution in [0.5, 0.6) is 0 Å². The molecule has 0 fully saturated rings. The Balaban J connectivity index is 2.96. The van der Waals surface area contributed by atoms with E-state index in [0.717, 1.165) is 62.1 Å². The summed E-state index contributed by atoms with van der Waals surface area (Å²) < 4.78 is 14.9. The lowest BCUT2D eigenvalue weighted by molar-refractivity contribution is 0.637. The first kappa shape index (κ1) is 19.2. The normalized spacial score (nSPS) is 11.4. The molecule has 24 heavy (non-hydrogen) atoms. The van der Waals surface area contributed by atoms with E-state index in [2.05, 4.69) is 27.7 Å². The molecule has 0 heterocycles. The van der Waals surface area contributed by atoms with Crippen LogP contribution < -0.4 is 0 Å². The van der Waals surface area contributed by atoms with Crippen molar-refractivity contribution in [3.8, 4) is 0 Å². The van der Waals surface area contributed by atoms with Crippen molar-refractivity contribution in [2.24, 2.45) is 0 Å². The lowest BCUT2D eigenvalue weighted by Crippen LogP contribution is -2.08. The molecule has 0 aromatic heterocycles. The molecule has 0 saturated carbocycles. The zero-order valence-corrected chi connectivity index (χ0v) is 16.3. The fourth-order valence-corrected chi connectivity index (χ4v) is 4.17. The first-order valence-corrected chi connectivity index (χ1v) is 9.90. The van der Waals surface area contributed by atoms with Crippen LogP contribution in [0, 0.1) is 5.82 Å². The Morgan fingerprint density at radius 2 is 1.17 bits per heavy atom. The van der Waals surface area contributed by atoms with Crippen LogP contribution in [-0.4, -0.2) is 0 Å². The van der Waals surface area contributed by atoms with Crippen molar-refractivity contribution >= 4 is 22.4 Å². The van der Waals surface area contributed by atoms with Crippen molar-refractivity contribution in [1.29, 1.82) is 0 Å². The highest BCUT2D eigenvalue weighted by molar-refractivity contribution is 6.31. The molecule has 0 spiro atoms. The standard InChI is InChI=1S/C22H30ClF/c1-5-9-16-17(10-6-2)19(12-8-4)22-20(18(16)11-7-3)13-15(23)14-21(22)24/h13-14H,5-12H2,1-4H3. The molecule has 2 aromatic carbocycles. The monoisotopic (exact) mass is 348 g/mol. The number of fused-ring (bicyclic) bond motifs is 1. The molecule has 0 nitrogen and oxygen atoms in total. The van der Waals surface area contributed by atoms with E-state index in [9.17, 15) is 4.39 Å². The molecule has 0 aliphatic rings. The maximum absolute atomic E-state index is 14.9. The minimum atomic E-state index is -0.154. The molecule has 2 heteroatoms. The predicted octanol–water partition coefficient (Wildman–Crippen LogP) is 7.44. The fraction of sp³-hybridized carbons (Fsp3) is 0.545. The van der Waals surface area contributed by atoms with E-state index in [4.69, 9.17) is 11.6 Å². The lowest BCUT2D eigenvalue weighted by atomic mass is 9.82. The summed E-state index contributed by atoms with van der Waals surface area (Å²) in [5.74, 6) is -0.154. The van der Waals surface area contributed by atoms with Gasteiger partial charge >= 0.3 is 0 Å². The number of aryl methyl sites for hydroxylation is 2. The van der Waals surface area contributed by atoms with Crippen LogP contribution in [0.15, 0.2) is 12.1 Å². The van der Waals surface area contributed by atoms with E-state index in [-0.39, 0.29) is 5.82 Å². The molecule has 0 amide bonds. The van der Waals surface area contributed by atoms with Gasteiger partial charge in [-0.2, -0.15) is 0 Å². The number of rotatable bonds is 8. The molecule has 0 bridgehead atoms. The Hall–Kier alpha value is -1.08. The van der Waals surface area contributed by atoms with Crippen LogP contribution in [0.2, 0.25) is 5.02 Å². The van der Waals surface area contributed by atoms with Gasteiger partial charge in [0.25, 0.3) is 0 Å². The molecule has 0 aliphatic heterocycles. The molecule has 0 N–H and O–H groups in total. The highest BCUT2D eigenvalue weighted by Crippen LogP contribution is 2.37. The smallest absolute Gasteiger partial charge is 0.132 e. The second kappa shape index (κ2) is 8.85. The van der Waals surface area contributed by atoms with E-state index in [1.807, 2.05) is 6.07 Å². The summed E-state index contributed by atoms with van der Waals surface area (Å²) >= 11 is 6.22. The van der Waals surface area contributed by atoms with Gasteiger partial charge in [0, 0.05) is 10.4 Å². The highest BCUT2D eigenvalue weighted by Gasteiger charge is 2.20. The zero-order valence-electron chi connectivity index (χ0n) is 15.6. The minimum Gasteiger partial charge on any atom is -0.206 e. The van der Waals surface area contributed by atoms with Gasteiger partial charge in [-0.25, -0.2) is 4.39 Å². The average molecular weight is 349 g/mol. The van der Waals surface area contributed by atoms with Gasteiger partial charge in [-0.1, -0.05) is 65.0 Å². The Labute approximate surface area is 151 Å². The molecule has 0 unspecified atom stereocenters. The van der Waals surface area contributed by atoms with E-state index >= 15 is 0 Å². The topological polar surface area (TPSA) is 0 Å². The van der Waals surface area contributed by atoms with Crippen LogP contribution in [0.4, 0.5) is 4.39 Å². The second-order valence-corrected chi connectivity index (χ2v) is 7.16. The average Bonchev–Trinajstić information content (AvgIpc) is 2.53. The van der Waals surface area contributed by atoms with Gasteiger partial charge in [-0.05, 0) is 65.5 Å². The van der Waals surface area contributed by atoms with Gasteiger partial charge in [0.2, 0.25) is 0 Å². The van der Waals surface area contributed by atoms with Gasteiger partial charge in [0.1, 0.15) is 5.82 Å². The molecule has 0 radical (unpaired) electrons. The quantitative estimate of drug-likeness (QED) is 0.465. The van der Waals surface area contributed by atoms with Crippen LogP contribution in [0.1, 0.15) is 75.6 Å². The Morgan fingerprint density at radius 1 is 0.708 bits per heavy atom. The third-order valence-electron chi connectivity index (χ3n) is 4.77. The highest BCUT2D eigenvalue weighted by atomic mass is 35.5. The van der Waals surface area contributed by atoms with Crippen LogP contribution >= 0.6 is 11.6 Å². The summed E-state index contributed by atoms with van der Waals surface area (Å²) in [5, 5.41) is 2.38. The van der Waals surface area contributed by atoms with E-state index in [1.54, 1.807) is 0 Å². The lowest BCUT2D eigenvalue weighted by Gasteiger charge is -2.23. The number of hydrogen-bond acceptors (Lipinski definition) is 0. The molecular formula is C22H30ClF. The number of hydrogen-bond donors (Lipinski definition) is 0. The first-order valence-electron chi connectivity index (χ1n) is 9.53. The number of halogens is 2. The van der Waals surface area contributed by atoms with E-state index < -0.39 is 0 Å². The summed E-state index contributed by atoms with van der Waals surface area (Å²) in [6.45, 7) is 8.82. The SMILES string of the molecule is CCCc1c(CCC)c(CCC)c2c(F)cc(Cl)cc2c1CCC. The first-order chi connectivity index (χ1) is 11.6. The summed E-state index contributed by atoms with van der Waals surface area (Å²) in [6.07, 6.45) is 8.37. The zero-order chi connectivity index (χ0) is 17.7. The Kier molecular flexibility index (Phi) is 7.10. The van der Waals surface area contributed by atoms with Gasteiger partial charge in [-0.3, -0.25) is 0 Å². The summed E-state index contributed by atoms with van der Waals surface area (Å²) in [7, 11) is 0. The van der Waals surface area contributed by atoms with Crippen LogP contribution in [0.3, 0.4) is 0 Å². The third-order valence-corrected chi connectivity index (χ3v) is 4.99. The van der Waals surface area contributed by atoms with Crippen molar-refractivity contribution in [2.45, 2.75) is 79.1 Å². The molecule has 0 atom stereocenters. The molecule has 2 aromatic rings. The summed E-state index contributed by atoms with van der Waals surface area (Å²) in [6, 6.07) is 3.47. The predicted molar refractivity (Wildman–Crippen MR) is 105 cm³/mol. The Bertz CT molecular complexity index is 703. The maximum atomic E-state index is 14.9. The van der Waals surface area contributed by atoms with Crippen molar-refractivity contribution in [3.05, 3.63) is 45.2 Å². The fourth-order valence-electron chi connectivity index (χ4n) is 3.96. The molecule has 2 rings (SSSR count). The molecule has 0 saturated heterocycles. The second-order valence-electron chi connectivity index (χ2n) is 6.72. The van der Waals surface area contributed by atoms with Crippen LogP contribution in [0.25, 0.3) is 10.8 Å². The van der Waals surface area contributed by atoms with E-state index in [0.29, 0.717) is 5.02 Å². The summed E-state index contributed by atoms with van der Waals surface area (Å²) in [5.41, 5.74) is 5.45. The third kappa shape index (κ3) is 3.77. The summed E-state index contributed by atoms with van der Waals surface area (Å²) in [4.78, 5) is 0. The van der Waals surface area contributed by atoms with Crippen molar-refractivity contribution in [1.82, 2.24) is 0 Å². The molecular weight excluding hydrogens is 319 g/mol. The molecule has 0 aliphatic carbocycles. The van der Waals surface area contributed by atoms with Gasteiger partial charge in [0.05, 0.1) is 0 Å².